The average molecular weight is 206 g/mol. The summed E-state index contributed by atoms with van der Waals surface area (Å²) in [6, 6.07) is 4.08. The lowest BCUT2D eigenvalue weighted by molar-refractivity contribution is 0.368. The molecule has 0 radical (unpaired) electrons. The Hall–Kier alpha value is -1.36. The predicted octanol–water partition coefficient (Wildman–Crippen LogP) is 0.891. The molecular weight excluding hydrogens is 188 g/mol. The molecule has 82 valence electrons. The second-order valence-corrected chi connectivity index (χ2v) is 3.39. The molecule has 0 saturated heterocycles. The summed E-state index contributed by atoms with van der Waals surface area (Å²) in [5, 5.41) is 20.3. The number of hydrogen-bond acceptors (Lipinski definition) is 4. The van der Waals surface area contributed by atoms with Crippen LogP contribution in [0.4, 0.5) is 0 Å². The molecule has 0 unspecified atom stereocenters. The summed E-state index contributed by atoms with van der Waals surface area (Å²) in [5.41, 5.74) is 1.01. The molecule has 0 rings (SSSR count). The Bertz CT molecular complexity index is 243. The van der Waals surface area contributed by atoms with Gasteiger partial charge in [0.1, 0.15) is 0 Å². The molecule has 15 heavy (non-hydrogen) atoms. The van der Waals surface area contributed by atoms with Gasteiger partial charge in [0.05, 0.1) is 25.2 Å². The molecule has 4 heteroatoms. The van der Waals surface area contributed by atoms with Crippen molar-refractivity contribution in [1.29, 1.82) is 10.5 Å². The maximum Gasteiger partial charge on any atom is 0.0877 e. The lowest BCUT2D eigenvalue weighted by Crippen LogP contribution is -2.30. The minimum atomic E-state index is 0.278. The maximum absolute atomic E-state index is 8.54. The van der Waals surface area contributed by atoms with Gasteiger partial charge in [0.2, 0.25) is 0 Å². The molecule has 0 aromatic rings. The molecule has 0 heterocycles. The zero-order valence-corrected chi connectivity index (χ0v) is 9.29. The second kappa shape index (κ2) is 9.21. The summed E-state index contributed by atoms with van der Waals surface area (Å²) in [6.45, 7) is 8.90. The molecule has 0 saturated carbocycles. The Kier molecular flexibility index (Phi) is 8.37. The van der Waals surface area contributed by atoms with Gasteiger partial charge in [-0.3, -0.25) is 4.90 Å². The van der Waals surface area contributed by atoms with Crippen LogP contribution >= 0.6 is 0 Å². The van der Waals surface area contributed by atoms with E-state index in [1.165, 1.54) is 0 Å². The van der Waals surface area contributed by atoms with E-state index in [1.54, 1.807) is 4.90 Å². The molecular formula is C11H18N4. The Morgan fingerprint density at radius 3 is 2.40 bits per heavy atom. The fourth-order valence-corrected chi connectivity index (χ4v) is 1.18. The van der Waals surface area contributed by atoms with Crippen molar-refractivity contribution in [3.05, 3.63) is 12.2 Å². The van der Waals surface area contributed by atoms with Gasteiger partial charge < -0.3 is 5.32 Å². The Morgan fingerprint density at radius 2 is 1.93 bits per heavy atom. The van der Waals surface area contributed by atoms with Crippen LogP contribution in [-0.4, -0.2) is 37.6 Å². The minimum Gasteiger partial charge on any atom is -0.313 e. The van der Waals surface area contributed by atoms with E-state index in [0.717, 1.165) is 25.1 Å². The van der Waals surface area contributed by atoms with Crippen LogP contribution in [0.3, 0.4) is 0 Å². The summed E-state index contributed by atoms with van der Waals surface area (Å²) in [5.74, 6) is 0. The van der Waals surface area contributed by atoms with Crippen LogP contribution in [0.2, 0.25) is 0 Å². The summed E-state index contributed by atoms with van der Waals surface area (Å²) in [6.07, 6.45) is 1.09. The van der Waals surface area contributed by atoms with E-state index in [4.69, 9.17) is 10.5 Å². The fourth-order valence-electron chi connectivity index (χ4n) is 1.18. The van der Waals surface area contributed by atoms with Gasteiger partial charge >= 0.3 is 0 Å². The highest BCUT2D eigenvalue weighted by Gasteiger charge is 2.04. The first-order chi connectivity index (χ1) is 7.24. The lowest BCUT2D eigenvalue weighted by atomic mass is 10.2. The van der Waals surface area contributed by atoms with Gasteiger partial charge in [-0.05, 0) is 18.5 Å². The van der Waals surface area contributed by atoms with Crippen molar-refractivity contribution >= 4 is 0 Å². The Labute approximate surface area is 91.8 Å². The normalized spacial score (nSPS) is 9.60. The zero-order chi connectivity index (χ0) is 11.5. The summed E-state index contributed by atoms with van der Waals surface area (Å²) in [4.78, 5) is 1.77. The van der Waals surface area contributed by atoms with Gasteiger partial charge in [-0.15, -0.1) is 0 Å². The molecule has 0 aliphatic carbocycles. The topological polar surface area (TPSA) is 62.9 Å². The number of nitrogens with zero attached hydrogens (tertiary/aromatic N) is 3. The summed E-state index contributed by atoms with van der Waals surface area (Å²) >= 11 is 0. The van der Waals surface area contributed by atoms with E-state index in [0.29, 0.717) is 6.54 Å². The van der Waals surface area contributed by atoms with E-state index in [2.05, 4.69) is 18.8 Å². The van der Waals surface area contributed by atoms with Gasteiger partial charge in [-0.25, -0.2) is 0 Å². The summed E-state index contributed by atoms with van der Waals surface area (Å²) in [7, 11) is 0. The van der Waals surface area contributed by atoms with Gasteiger partial charge in [-0.1, -0.05) is 13.5 Å². The van der Waals surface area contributed by atoms with E-state index in [9.17, 15) is 0 Å². The molecule has 0 spiro atoms. The van der Waals surface area contributed by atoms with Gasteiger partial charge in [0.15, 0.2) is 0 Å². The second-order valence-electron chi connectivity index (χ2n) is 3.39. The quantitative estimate of drug-likeness (QED) is 0.364. The molecule has 0 aromatic heterocycles. The predicted molar refractivity (Wildman–Crippen MR) is 60.0 cm³/mol. The molecule has 0 amide bonds. The molecule has 0 fully saturated rings. The van der Waals surface area contributed by atoms with Crippen LogP contribution in [0.15, 0.2) is 12.2 Å². The van der Waals surface area contributed by atoms with E-state index >= 15 is 0 Å². The fraction of sp³-hybridized carbons (Fsp3) is 0.636. The van der Waals surface area contributed by atoms with Crippen LogP contribution < -0.4 is 5.32 Å². The first-order valence-electron chi connectivity index (χ1n) is 5.08. The Morgan fingerprint density at radius 1 is 1.33 bits per heavy atom. The molecule has 0 aliphatic rings. The van der Waals surface area contributed by atoms with Crippen molar-refractivity contribution in [3.8, 4) is 12.1 Å². The van der Waals surface area contributed by atoms with Crippen molar-refractivity contribution in [2.75, 3.05) is 32.7 Å². The van der Waals surface area contributed by atoms with Crippen molar-refractivity contribution < 1.29 is 0 Å². The third-order valence-electron chi connectivity index (χ3n) is 1.84. The first kappa shape index (κ1) is 13.6. The van der Waals surface area contributed by atoms with Crippen LogP contribution in [-0.2, 0) is 0 Å². The molecule has 0 bridgehead atoms. The van der Waals surface area contributed by atoms with Crippen LogP contribution in [0.25, 0.3) is 0 Å². The van der Waals surface area contributed by atoms with E-state index < -0.39 is 0 Å². The number of nitriles is 2. The van der Waals surface area contributed by atoms with Crippen molar-refractivity contribution in [3.63, 3.8) is 0 Å². The molecule has 4 nitrogen and oxygen atoms in total. The minimum absolute atomic E-state index is 0.278. The summed E-state index contributed by atoms with van der Waals surface area (Å²) < 4.78 is 0. The monoisotopic (exact) mass is 206 g/mol. The van der Waals surface area contributed by atoms with E-state index in [1.807, 2.05) is 12.1 Å². The smallest absolute Gasteiger partial charge is 0.0877 e. The van der Waals surface area contributed by atoms with Crippen LogP contribution in [0.1, 0.15) is 13.3 Å². The SMILES string of the molecule is C=C(CNCCC)CN(CC#N)CC#N. The first-order valence-corrected chi connectivity index (χ1v) is 5.08. The van der Waals surface area contributed by atoms with Crippen LogP contribution in [0, 0.1) is 22.7 Å². The highest BCUT2D eigenvalue weighted by Crippen LogP contribution is 1.95. The highest BCUT2D eigenvalue weighted by molar-refractivity contribution is 5.02. The molecule has 1 N–H and O–H groups in total. The number of nitrogens with one attached hydrogen (secondary N) is 1. The van der Waals surface area contributed by atoms with E-state index in [-0.39, 0.29) is 13.1 Å². The van der Waals surface area contributed by atoms with Gasteiger partial charge in [0, 0.05) is 13.1 Å². The highest BCUT2D eigenvalue weighted by atomic mass is 15.1. The third kappa shape index (κ3) is 7.69. The number of rotatable bonds is 8. The largest absolute Gasteiger partial charge is 0.313 e. The average Bonchev–Trinajstić information content (AvgIpc) is 2.19. The Balaban J connectivity index is 3.80. The van der Waals surface area contributed by atoms with Crippen molar-refractivity contribution in [2.24, 2.45) is 0 Å². The maximum atomic E-state index is 8.54. The molecule has 0 atom stereocenters. The lowest BCUT2D eigenvalue weighted by Gasteiger charge is -2.16. The van der Waals surface area contributed by atoms with Gasteiger partial charge in [-0.2, -0.15) is 10.5 Å². The zero-order valence-electron chi connectivity index (χ0n) is 9.29. The number of hydrogen-bond donors (Lipinski definition) is 1. The molecule has 0 aromatic carbocycles. The molecule has 0 aliphatic heterocycles. The van der Waals surface area contributed by atoms with Crippen molar-refractivity contribution in [1.82, 2.24) is 10.2 Å². The van der Waals surface area contributed by atoms with Crippen molar-refractivity contribution in [2.45, 2.75) is 13.3 Å². The van der Waals surface area contributed by atoms with Gasteiger partial charge in [0.25, 0.3) is 0 Å². The standard InChI is InChI=1S/C11H18N4/c1-3-6-14-9-11(2)10-15(7-4-12)8-5-13/h14H,2-3,6-10H2,1H3. The third-order valence-corrected chi connectivity index (χ3v) is 1.84. The van der Waals surface area contributed by atoms with Crippen LogP contribution in [0.5, 0.6) is 0 Å².